The van der Waals surface area contributed by atoms with E-state index in [-0.39, 0.29) is 33.6 Å². The van der Waals surface area contributed by atoms with E-state index in [2.05, 4.69) is 20.3 Å². The van der Waals surface area contributed by atoms with Crippen molar-refractivity contribution in [1.29, 1.82) is 0 Å². The van der Waals surface area contributed by atoms with Crippen molar-refractivity contribution in [3.05, 3.63) is 63.0 Å². The third-order valence-corrected chi connectivity index (χ3v) is 4.54. The van der Waals surface area contributed by atoms with Gasteiger partial charge in [-0.05, 0) is 30.3 Å². The molecule has 0 atom stereocenters. The first kappa shape index (κ1) is 18.0. The second-order valence-corrected chi connectivity index (χ2v) is 6.61. The highest BCUT2D eigenvalue weighted by Crippen LogP contribution is 2.29. The van der Waals surface area contributed by atoms with Gasteiger partial charge in [-0.3, -0.25) is 4.79 Å². The monoisotopic (exact) mass is 415 g/mol. The minimum atomic E-state index is -0.532. The smallest absolute Gasteiger partial charge is 0.332 e. The summed E-state index contributed by atoms with van der Waals surface area (Å²) in [5.74, 6) is 0.321. The second kappa shape index (κ2) is 6.99. The molecule has 0 saturated carbocycles. The fraction of sp³-hybridized carbons (Fsp3) is 0. The number of rotatable bonds is 4. The molecule has 0 aliphatic carbocycles. The lowest BCUT2D eigenvalue weighted by Crippen LogP contribution is -2.15. The summed E-state index contributed by atoms with van der Waals surface area (Å²) in [7, 11) is 0. The van der Waals surface area contributed by atoms with Crippen LogP contribution in [-0.2, 0) is 4.79 Å². The van der Waals surface area contributed by atoms with Gasteiger partial charge in [0.05, 0.1) is 10.7 Å². The summed E-state index contributed by atoms with van der Waals surface area (Å²) in [5.41, 5.74) is 0.690. The molecular formula is C18H11Cl2N5O3. The van der Waals surface area contributed by atoms with Gasteiger partial charge >= 0.3 is 5.69 Å². The zero-order valence-electron chi connectivity index (χ0n) is 14.0. The predicted octanol–water partition coefficient (Wildman–Crippen LogP) is 3.36. The third kappa shape index (κ3) is 3.08. The van der Waals surface area contributed by atoms with E-state index in [0.29, 0.717) is 22.7 Å². The highest BCUT2D eigenvalue weighted by atomic mass is 35.5. The number of phenols is 1. The normalized spacial score (nSPS) is 10.9. The molecule has 3 N–H and O–H groups in total. The summed E-state index contributed by atoms with van der Waals surface area (Å²) >= 11 is 12.3. The van der Waals surface area contributed by atoms with E-state index in [9.17, 15) is 14.7 Å². The number of H-pyrrole nitrogens is 1. The van der Waals surface area contributed by atoms with Crippen molar-refractivity contribution in [3.63, 3.8) is 0 Å². The van der Waals surface area contributed by atoms with Crippen LogP contribution < -0.4 is 11.0 Å². The lowest BCUT2D eigenvalue weighted by Gasteiger charge is -2.09. The van der Waals surface area contributed by atoms with Crippen LogP contribution in [0.3, 0.4) is 0 Å². The van der Waals surface area contributed by atoms with Gasteiger partial charge in [0, 0.05) is 10.6 Å². The number of halogens is 2. The van der Waals surface area contributed by atoms with Crippen LogP contribution >= 0.6 is 23.2 Å². The Hall–Kier alpha value is -3.36. The number of aromatic amines is 1. The molecule has 10 heteroatoms. The second-order valence-electron chi connectivity index (χ2n) is 5.77. The van der Waals surface area contributed by atoms with E-state index in [1.807, 2.05) is 0 Å². The zero-order chi connectivity index (χ0) is 19.8. The maximum Gasteiger partial charge on any atom is 0.332 e. The summed E-state index contributed by atoms with van der Waals surface area (Å²) in [6, 6.07) is 11.0. The molecule has 0 spiro atoms. The van der Waals surface area contributed by atoms with Crippen molar-refractivity contribution in [1.82, 2.24) is 19.5 Å². The summed E-state index contributed by atoms with van der Waals surface area (Å²) in [6.07, 6.45) is 0.441. The van der Waals surface area contributed by atoms with Crippen LogP contribution in [0.25, 0.3) is 28.2 Å². The fourth-order valence-electron chi connectivity index (χ4n) is 2.80. The van der Waals surface area contributed by atoms with E-state index < -0.39 is 5.69 Å². The van der Waals surface area contributed by atoms with Gasteiger partial charge in [-0.25, -0.2) is 19.3 Å². The van der Waals surface area contributed by atoms with Crippen LogP contribution in [0, 0.1) is 0 Å². The molecule has 0 radical (unpaired) electrons. The summed E-state index contributed by atoms with van der Waals surface area (Å²) in [6.45, 7) is 0. The Morgan fingerprint density at radius 2 is 1.96 bits per heavy atom. The predicted molar refractivity (Wildman–Crippen MR) is 106 cm³/mol. The molecule has 0 unspecified atom stereocenters. The Morgan fingerprint density at radius 3 is 2.71 bits per heavy atom. The highest BCUT2D eigenvalue weighted by molar-refractivity contribution is 6.34. The topological polar surface area (TPSA) is 113 Å². The number of benzene rings is 2. The number of phenolic OH excluding ortho intramolecular Hbond substituents is 1. The Kier molecular flexibility index (Phi) is 4.50. The molecule has 28 heavy (non-hydrogen) atoms. The van der Waals surface area contributed by atoms with E-state index in [0.717, 1.165) is 0 Å². The van der Waals surface area contributed by atoms with Crippen LogP contribution in [0.4, 0.5) is 5.82 Å². The maximum atomic E-state index is 12.6. The number of carbonyl (C=O) groups excluding carboxylic acids is 1. The lowest BCUT2D eigenvalue weighted by atomic mass is 10.2. The van der Waals surface area contributed by atoms with Gasteiger partial charge in [-0.1, -0.05) is 35.3 Å². The first-order chi connectivity index (χ1) is 13.5. The minimum absolute atomic E-state index is 0.0236. The van der Waals surface area contributed by atoms with Gasteiger partial charge < -0.3 is 15.4 Å². The molecule has 140 valence electrons. The molecule has 0 bridgehead atoms. The Balaban J connectivity index is 2.07. The largest absolute Gasteiger partial charge is 0.508 e. The van der Waals surface area contributed by atoms with Gasteiger partial charge in [0.2, 0.25) is 6.41 Å². The first-order valence-electron chi connectivity index (χ1n) is 7.95. The Labute approximate surface area is 167 Å². The number of nitrogens with one attached hydrogen (secondary N) is 2. The number of anilines is 1. The third-order valence-electron chi connectivity index (χ3n) is 3.99. The van der Waals surface area contributed by atoms with Crippen LogP contribution in [0.5, 0.6) is 5.75 Å². The molecule has 0 aliphatic rings. The molecular weight excluding hydrogens is 405 g/mol. The zero-order valence-corrected chi connectivity index (χ0v) is 15.5. The van der Waals surface area contributed by atoms with Crippen molar-refractivity contribution in [3.8, 4) is 22.8 Å². The molecule has 2 aromatic carbocycles. The van der Waals surface area contributed by atoms with Crippen LogP contribution in [0.2, 0.25) is 10.0 Å². The highest BCUT2D eigenvalue weighted by Gasteiger charge is 2.19. The van der Waals surface area contributed by atoms with Gasteiger partial charge in [-0.2, -0.15) is 0 Å². The first-order valence-corrected chi connectivity index (χ1v) is 8.71. The molecule has 0 aliphatic heterocycles. The van der Waals surface area contributed by atoms with E-state index in [1.54, 1.807) is 24.3 Å². The van der Waals surface area contributed by atoms with Crippen LogP contribution in [0.1, 0.15) is 0 Å². The summed E-state index contributed by atoms with van der Waals surface area (Å²) < 4.78 is 1.24. The number of imidazole rings is 1. The number of hydrogen-bond acceptors (Lipinski definition) is 5. The van der Waals surface area contributed by atoms with E-state index in [4.69, 9.17) is 23.2 Å². The Morgan fingerprint density at radius 1 is 1.14 bits per heavy atom. The quantitative estimate of drug-likeness (QED) is 0.442. The average molecular weight is 416 g/mol. The average Bonchev–Trinajstić information content (AvgIpc) is 3.00. The molecule has 0 fully saturated rings. The Bertz CT molecular complexity index is 1280. The van der Waals surface area contributed by atoms with E-state index in [1.165, 1.54) is 22.8 Å². The molecule has 0 saturated heterocycles. The number of nitrogens with zero attached hydrogens (tertiary/aromatic N) is 3. The summed E-state index contributed by atoms with van der Waals surface area (Å²) in [4.78, 5) is 35.0. The van der Waals surface area contributed by atoms with Gasteiger partial charge in [0.1, 0.15) is 11.3 Å². The number of amides is 1. The molecule has 2 aromatic heterocycles. The van der Waals surface area contributed by atoms with Crippen molar-refractivity contribution in [2.24, 2.45) is 0 Å². The van der Waals surface area contributed by atoms with Crippen molar-refractivity contribution >= 4 is 46.6 Å². The number of fused-ring (bicyclic) bond motifs is 1. The van der Waals surface area contributed by atoms with Gasteiger partial charge in [0.15, 0.2) is 17.3 Å². The number of aromatic nitrogens is 4. The standard InChI is InChI=1S/C18H11Cl2N5O3/c19-10-4-5-12(20)13(7-10)25-17-14(22-18(25)28)16(21-8-26)23-15(24-17)9-2-1-3-11(27)6-9/h1-8,27H,(H,22,28)(H,21,23,24,26). The minimum Gasteiger partial charge on any atom is -0.508 e. The molecule has 4 aromatic rings. The van der Waals surface area contributed by atoms with Crippen molar-refractivity contribution in [2.75, 3.05) is 5.32 Å². The summed E-state index contributed by atoms with van der Waals surface area (Å²) in [5, 5.41) is 12.9. The molecule has 4 rings (SSSR count). The lowest BCUT2D eigenvalue weighted by molar-refractivity contribution is -0.105. The molecule has 8 nitrogen and oxygen atoms in total. The molecule has 1 amide bonds. The number of carbonyl (C=O) groups is 1. The van der Waals surface area contributed by atoms with Crippen molar-refractivity contribution < 1.29 is 9.90 Å². The van der Waals surface area contributed by atoms with Crippen LogP contribution in [-0.4, -0.2) is 31.0 Å². The van der Waals surface area contributed by atoms with Crippen LogP contribution in [0.15, 0.2) is 47.3 Å². The fourth-order valence-corrected chi connectivity index (χ4v) is 3.17. The number of hydrogen-bond donors (Lipinski definition) is 3. The van der Waals surface area contributed by atoms with E-state index >= 15 is 0 Å². The van der Waals surface area contributed by atoms with Gasteiger partial charge in [0.25, 0.3) is 0 Å². The maximum absolute atomic E-state index is 12.6. The molecule has 2 heterocycles. The van der Waals surface area contributed by atoms with Gasteiger partial charge in [-0.15, -0.1) is 0 Å². The SMILES string of the molecule is O=CNc1nc(-c2cccc(O)c2)nc2c1[nH]c(=O)n2-c1cc(Cl)ccc1Cl. The van der Waals surface area contributed by atoms with Crippen molar-refractivity contribution in [2.45, 2.75) is 0 Å². The number of aromatic hydroxyl groups is 1.